The molecule has 3 rings (SSSR count). The second kappa shape index (κ2) is 38.0. The van der Waals surface area contributed by atoms with Crippen molar-refractivity contribution in [2.45, 2.75) is 152 Å². The third-order valence-electron chi connectivity index (χ3n) is 14.2. The molecule has 0 aliphatic rings. The van der Waals surface area contributed by atoms with E-state index in [4.69, 9.17) is 27.0 Å². The molecule has 3 aromatic rings. The molecule has 0 unspecified atom stereocenters. The summed E-state index contributed by atoms with van der Waals surface area (Å²) in [6.07, 6.45) is -4.82. The SMILES string of the molecule is CC(C)[C@H](NC(=O)[C@H](CC(N)=O)NC(=O)[C@H](Cc1ccc(O)cc1)NC(=O)CNC(=O)[C@H](CCC(=O)O)NC(=O)[C@H](CCCCN)NC(=O)[C@H](Cc1ccc(O)cc1)NC(=O)[C@@H](NC(=O)[C@H](C)N)[C@@H](C)O)C(=O)N[C@@H](Cc1ccc(C(F)(F)P(=O)(O)O)cc1)C(=O)NCC(=O)O. The summed E-state index contributed by atoms with van der Waals surface area (Å²) in [5, 5.41) is 72.4. The number of rotatable bonds is 40. The van der Waals surface area contributed by atoms with Gasteiger partial charge in [-0.3, -0.25) is 66.9 Å². The van der Waals surface area contributed by atoms with Crippen LogP contribution in [0.4, 0.5) is 8.78 Å². The number of hydrogen-bond donors (Lipinski definition) is 20. The Bertz CT molecular complexity index is 3290. The third-order valence-corrected chi connectivity index (χ3v) is 15.2. The third kappa shape index (κ3) is 26.9. The number of nitrogens with one attached hydrogen (secondary N) is 10. The van der Waals surface area contributed by atoms with Crippen molar-refractivity contribution in [2.24, 2.45) is 23.1 Å². The van der Waals surface area contributed by atoms with E-state index in [0.29, 0.717) is 24.1 Å². The Balaban J connectivity index is 1.91. The average molecular weight is 1380 g/mol. The number of halogens is 2. The summed E-state index contributed by atoms with van der Waals surface area (Å²) in [7, 11) is -5.99. The molecule has 528 valence electrons. The molecule has 0 aromatic heterocycles. The van der Waals surface area contributed by atoms with Crippen LogP contribution in [0.2, 0.25) is 0 Å². The summed E-state index contributed by atoms with van der Waals surface area (Å²) in [4.78, 5) is 192. The van der Waals surface area contributed by atoms with Crippen molar-refractivity contribution in [1.29, 1.82) is 0 Å². The highest BCUT2D eigenvalue weighted by molar-refractivity contribution is 7.52. The van der Waals surface area contributed by atoms with Gasteiger partial charge in [0.1, 0.15) is 66.4 Å². The van der Waals surface area contributed by atoms with Crippen molar-refractivity contribution in [1.82, 2.24) is 53.2 Å². The van der Waals surface area contributed by atoms with Crippen molar-refractivity contribution >= 4 is 84.5 Å². The number of carboxylic acids is 2. The molecule has 37 heteroatoms. The lowest BCUT2D eigenvalue weighted by Gasteiger charge is -2.28. The lowest BCUT2D eigenvalue weighted by Crippen LogP contribution is -2.61. The number of aliphatic hydroxyl groups excluding tert-OH is 1. The molecule has 0 fully saturated rings. The molecular weight excluding hydrogens is 1300 g/mol. The van der Waals surface area contributed by atoms with Gasteiger partial charge < -0.3 is 106 Å². The largest absolute Gasteiger partial charge is 0.508 e. The van der Waals surface area contributed by atoms with E-state index in [1.807, 2.05) is 5.32 Å². The van der Waals surface area contributed by atoms with Crippen molar-refractivity contribution in [2.75, 3.05) is 19.6 Å². The van der Waals surface area contributed by atoms with E-state index in [0.717, 1.165) is 12.1 Å². The van der Waals surface area contributed by atoms with E-state index in [2.05, 4.69) is 47.9 Å². The number of aromatic hydroxyl groups is 2. The molecule has 11 amide bonds. The van der Waals surface area contributed by atoms with Crippen molar-refractivity contribution < 1.29 is 111 Å². The van der Waals surface area contributed by atoms with Crippen molar-refractivity contribution in [3.05, 3.63) is 95.1 Å². The van der Waals surface area contributed by atoms with Gasteiger partial charge in [0.2, 0.25) is 65.0 Å². The Morgan fingerprint density at radius 1 is 0.500 bits per heavy atom. The minimum Gasteiger partial charge on any atom is -0.508 e. The quantitative estimate of drug-likeness (QED) is 0.0190. The minimum absolute atomic E-state index is 0.00768. The normalized spacial score (nSPS) is 14.5. The molecule has 96 heavy (non-hydrogen) atoms. The fourth-order valence-electron chi connectivity index (χ4n) is 8.96. The number of hydrogen-bond acceptors (Lipinski definition) is 19. The maximum atomic E-state index is 14.4. The fraction of sp³-hybridized carbons (Fsp3) is 0.475. The Morgan fingerprint density at radius 3 is 1.33 bits per heavy atom. The van der Waals surface area contributed by atoms with Gasteiger partial charge in [-0.1, -0.05) is 62.4 Å². The highest BCUT2D eigenvalue weighted by Crippen LogP contribution is 2.59. The van der Waals surface area contributed by atoms with Crippen LogP contribution in [0.25, 0.3) is 0 Å². The zero-order chi connectivity index (χ0) is 72.4. The lowest BCUT2D eigenvalue weighted by atomic mass is 9.99. The number of phenolic OH excluding ortho intramolecular Hbond substituents is 2. The summed E-state index contributed by atoms with van der Waals surface area (Å²) in [6.45, 7) is 3.47. The number of nitrogens with two attached hydrogens (primary N) is 3. The van der Waals surface area contributed by atoms with E-state index in [1.54, 1.807) is 0 Å². The summed E-state index contributed by atoms with van der Waals surface area (Å²) < 4.78 is 40.3. The van der Waals surface area contributed by atoms with E-state index in [-0.39, 0.29) is 48.4 Å². The van der Waals surface area contributed by atoms with Gasteiger partial charge in [-0.05, 0) is 92.9 Å². The summed E-state index contributed by atoms with van der Waals surface area (Å²) in [5.74, 6) is -16.4. The molecular formula is C59H82F2N13O21P. The van der Waals surface area contributed by atoms with Gasteiger partial charge in [-0.15, -0.1) is 0 Å². The molecule has 0 saturated carbocycles. The van der Waals surface area contributed by atoms with Gasteiger partial charge in [-0.2, -0.15) is 8.78 Å². The van der Waals surface area contributed by atoms with Gasteiger partial charge in [0.25, 0.3) is 0 Å². The number of phenols is 2. The maximum Gasteiger partial charge on any atom is 0.399 e. The number of amides is 11. The van der Waals surface area contributed by atoms with Crippen LogP contribution in [-0.4, -0.2) is 192 Å². The second-order valence-corrected chi connectivity index (χ2v) is 24.3. The van der Waals surface area contributed by atoms with Crippen molar-refractivity contribution in [3.8, 4) is 11.5 Å². The molecule has 23 N–H and O–H groups in total. The van der Waals surface area contributed by atoms with Crippen LogP contribution in [-0.2, 0) is 91.8 Å². The van der Waals surface area contributed by atoms with Gasteiger partial charge in [0.05, 0.1) is 25.1 Å². The number of unbranched alkanes of at least 4 members (excludes halogenated alkanes) is 1. The first-order valence-corrected chi connectivity index (χ1v) is 31.4. The number of benzene rings is 3. The van der Waals surface area contributed by atoms with Crippen LogP contribution < -0.4 is 70.4 Å². The lowest BCUT2D eigenvalue weighted by molar-refractivity contribution is -0.139. The molecule has 0 spiro atoms. The number of alkyl halides is 2. The van der Waals surface area contributed by atoms with E-state index in [1.165, 1.54) is 76.2 Å². The summed E-state index contributed by atoms with van der Waals surface area (Å²) >= 11 is 0. The Hall–Kier alpha value is -9.74. The molecule has 0 heterocycles. The predicted octanol–water partition coefficient (Wildman–Crippen LogP) is -4.20. The molecule has 10 atom stereocenters. The summed E-state index contributed by atoms with van der Waals surface area (Å²) in [6, 6.07) is -0.941. The van der Waals surface area contributed by atoms with Crippen LogP contribution in [0.3, 0.4) is 0 Å². The molecule has 0 aliphatic heterocycles. The van der Waals surface area contributed by atoms with Crippen LogP contribution in [0, 0.1) is 5.92 Å². The second-order valence-electron chi connectivity index (χ2n) is 22.6. The van der Waals surface area contributed by atoms with E-state index < -0.39 is 207 Å². The fourth-order valence-corrected chi connectivity index (χ4v) is 9.44. The van der Waals surface area contributed by atoms with Crippen LogP contribution in [0.15, 0.2) is 72.8 Å². The molecule has 34 nitrogen and oxygen atoms in total. The first-order valence-electron chi connectivity index (χ1n) is 29.7. The molecule has 0 aliphatic carbocycles. The van der Waals surface area contributed by atoms with Gasteiger partial charge >= 0.3 is 25.2 Å². The highest BCUT2D eigenvalue weighted by Gasteiger charge is 2.50. The van der Waals surface area contributed by atoms with Crippen LogP contribution in [0.1, 0.15) is 88.5 Å². The summed E-state index contributed by atoms with van der Waals surface area (Å²) in [5.41, 5.74) is 11.7. The maximum absolute atomic E-state index is 14.4. The van der Waals surface area contributed by atoms with Gasteiger partial charge in [0.15, 0.2) is 0 Å². The van der Waals surface area contributed by atoms with Crippen molar-refractivity contribution in [3.63, 3.8) is 0 Å². The van der Waals surface area contributed by atoms with Gasteiger partial charge in [0, 0.05) is 31.2 Å². The molecule has 0 radical (unpaired) electrons. The van der Waals surface area contributed by atoms with E-state index >= 15 is 0 Å². The number of carbonyl (C=O) groups excluding carboxylic acids is 11. The molecule has 0 saturated heterocycles. The number of carbonyl (C=O) groups is 13. The number of aliphatic carboxylic acids is 2. The Morgan fingerprint density at radius 2 is 0.896 bits per heavy atom. The smallest absolute Gasteiger partial charge is 0.399 e. The zero-order valence-corrected chi connectivity index (χ0v) is 53.4. The minimum atomic E-state index is -5.99. The number of carboxylic acid groups (broad SMARTS) is 2. The van der Waals surface area contributed by atoms with Crippen LogP contribution >= 0.6 is 7.60 Å². The predicted molar refractivity (Wildman–Crippen MR) is 333 cm³/mol. The number of aliphatic hydroxyl groups is 1. The zero-order valence-electron chi connectivity index (χ0n) is 52.5. The van der Waals surface area contributed by atoms with Crippen LogP contribution in [0.5, 0.6) is 11.5 Å². The standard InChI is InChI=1S/C59H82F2N13O21P/c1-29(2)48(57(91)71-40(52(86)66-28-47(82)83)23-32-8-14-35(15-9-32)59(60,61)96(93,94)95)73-56(90)43(26-44(64)78)70-54(88)41(24-33-10-16-36(76)17-11-33)67-45(79)27-65-51(85)39(20-21-46(80)81)69-53(87)38(7-5-6-22-62)68-55(89)42(25-34-12-18-37(77)19-13-34)72-58(92)49(31(4)75)74-50(84)30(3)63/h8-19,29-31,38-43,48-49,75-77H,5-7,20-28,62-63H2,1-4H3,(H2,64,78)(H,65,85)(H,66,86)(H,67,79)(H,68,89)(H,69,87)(H,70,88)(H,71,91)(H,72,92)(H,73,90)(H,74,84)(H,80,81)(H,82,83)(H2,93,94,95)/t30-,31+,38-,39-,40-,41-,42-,43-,48-,49-/m0/s1. The monoisotopic (exact) mass is 1380 g/mol. The Labute approximate surface area is 547 Å². The molecule has 3 aromatic carbocycles. The number of primary amides is 1. The first-order chi connectivity index (χ1) is 44.8. The average Bonchev–Trinajstić information content (AvgIpc) is 0.801. The Kier molecular flexibility index (Phi) is 31.8. The molecule has 0 bridgehead atoms. The first kappa shape index (κ1) is 80.5. The highest BCUT2D eigenvalue weighted by atomic mass is 31.2. The van der Waals surface area contributed by atoms with Gasteiger partial charge in [-0.25, -0.2) is 0 Å². The topological polar surface area (TPSA) is 579 Å². The van der Waals surface area contributed by atoms with E-state index in [9.17, 15) is 101 Å².